The predicted octanol–water partition coefficient (Wildman–Crippen LogP) is 5.16. The van der Waals surface area contributed by atoms with Crippen molar-refractivity contribution in [3.05, 3.63) is 95.9 Å². The number of thioether (sulfide) groups is 1. The van der Waals surface area contributed by atoms with E-state index in [0.29, 0.717) is 16.9 Å². The number of ether oxygens (including phenoxy) is 1. The molecule has 5 nitrogen and oxygen atoms in total. The lowest BCUT2D eigenvalue weighted by Gasteiger charge is -2.11. The van der Waals surface area contributed by atoms with Crippen LogP contribution >= 0.6 is 11.8 Å². The number of pyridine rings is 1. The first-order valence-electron chi connectivity index (χ1n) is 9.55. The quantitative estimate of drug-likeness (QED) is 0.386. The Kier molecular flexibility index (Phi) is 6.47. The molecule has 0 unspecified atom stereocenters. The van der Waals surface area contributed by atoms with Crippen LogP contribution in [0.25, 0.3) is 5.65 Å². The van der Waals surface area contributed by atoms with Gasteiger partial charge in [0.05, 0.1) is 5.69 Å². The van der Waals surface area contributed by atoms with Crippen molar-refractivity contribution in [3.8, 4) is 5.75 Å². The van der Waals surface area contributed by atoms with Gasteiger partial charge in [0.25, 0.3) is 5.91 Å². The van der Waals surface area contributed by atoms with Crippen LogP contribution in [0.3, 0.4) is 0 Å². The van der Waals surface area contributed by atoms with Crippen molar-refractivity contribution >= 4 is 23.3 Å². The van der Waals surface area contributed by atoms with Crippen molar-refractivity contribution in [2.45, 2.75) is 23.8 Å². The number of rotatable bonds is 8. The summed E-state index contributed by atoms with van der Waals surface area (Å²) in [6.07, 6.45) is 3.96. The Morgan fingerprint density at radius 3 is 2.61 bits per heavy atom. The minimum Gasteiger partial charge on any atom is -0.434 e. The van der Waals surface area contributed by atoms with Gasteiger partial charge in [-0.3, -0.25) is 4.79 Å². The molecule has 2 aromatic carbocycles. The highest BCUT2D eigenvalue weighted by molar-refractivity contribution is 7.98. The average molecular weight is 439 g/mol. The van der Waals surface area contributed by atoms with Crippen molar-refractivity contribution in [3.63, 3.8) is 0 Å². The molecule has 8 heteroatoms. The molecule has 0 aliphatic rings. The highest BCUT2D eigenvalue weighted by atomic mass is 32.2. The van der Waals surface area contributed by atoms with Crippen LogP contribution in [0.15, 0.2) is 84.0 Å². The summed E-state index contributed by atoms with van der Waals surface area (Å²) in [5.74, 6) is 0.481. The Bertz CT molecular complexity index is 1150. The van der Waals surface area contributed by atoms with E-state index in [9.17, 15) is 13.6 Å². The molecule has 0 aliphatic carbocycles. The summed E-state index contributed by atoms with van der Waals surface area (Å²) in [7, 11) is 0. The Morgan fingerprint density at radius 1 is 1.06 bits per heavy atom. The smallest absolute Gasteiger partial charge is 0.387 e. The van der Waals surface area contributed by atoms with Gasteiger partial charge in [0.2, 0.25) is 0 Å². The predicted molar refractivity (Wildman–Crippen MR) is 115 cm³/mol. The molecule has 0 fully saturated rings. The molecule has 0 spiro atoms. The fourth-order valence-corrected chi connectivity index (χ4v) is 3.84. The number of halogens is 2. The fraction of sp³-hybridized carbons (Fsp3) is 0.130. The third kappa shape index (κ3) is 5.40. The first-order valence-corrected chi connectivity index (χ1v) is 10.5. The average Bonchev–Trinajstić information content (AvgIpc) is 3.20. The topological polar surface area (TPSA) is 55.6 Å². The molecule has 0 aliphatic heterocycles. The van der Waals surface area contributed by atoms with Crippen molar-refractivity contribution in [2.24, 2.45) is 0 Å². The van der Waals surface area contributed by atoms with E-state index >= 15 is 0 Å². The molecule has 2 aromatic heterocycles. The second-order valence-corrected chi connectivity index (χ2v) is 7.73. The Labute approximate surface area is 182 Å². The monoisotopic (exact) mass is 439 g/mol. The lowest BCUT2D eigenvalue weighted by Crippen LogP contribution is -2.23. The molecule has 0 saturated heterocycles. The molecule has 0 saturated carbocycles. The molecule has 31 heavy (non-hydrogen) atoms. The molecule has 4 aromatic rings. The van der Waals surface area contributed by atoms with E-state index in [0.717, 1.165) is 16.2 Å². The Hall–Kier alpha value is -3.39. The van der Waals surface area contributed by atoms with Gasteiger partial charge in [-0.15, -0.1) is 11.8 Å². The maximum absolute atomic E-state index is 12.5. The Morgan fingerprint density at radius 2 is 1.84 bits per heavy atom. The van der Waals surface area contributed by atoms with Crippen LogP contribution in [0.4, 0.5) is 8.78 Å². The number of benzene rings is 2. The van der Waals surface area contributed by atoms with E-state index in [4.69, 9.17) is 0 Å². The normalized spacial score (nSPS) is 11.1. The molecular formula is C23H19F2N3O2S. The standard InChI is InChI=1S/C23H19F2N3O2S/c24-23(25)30-20-6-2-1-5-17(20)13-26-22(29)16-8-10-19(11-9-16)31-15-18-14-28-12-4-3-7-21(28)27-18/h1-12,14,23H,13,15H2,(H,26,29). The van der Waals surface area contributed by atoms with Gasteiger partial charge in [0.15, 0.2) is 0 Å². The van der Waals surface area contributed by atoms with Crippen molar-refractivity contribution in [1.82, 2.24) is 14.7 Å². The van der Waals surface area contributed by atoms with Crippen molar-refractivity contribution in [1.29, 1.82) is 0 Å². The van der Waals surface area contributed by atoms with Crippen LogP contribution in [-0.2, 0) is 12.3 Å². The second-order valence-electron chi connectivity index (χ2n) is 6.68. The zero-order valence-electron chi connectivity index (χ0n) is 16.4. The number of amides is 1. The number of fused-ring (bicyclic) bond motifs is 1. The largest absolute Gasteiger partial charge is 0.434 e. The number of hydrogen-bond donors (Lipinski definition) is 1. The zero-order valence-corrected chi connectivity index (χ0v) is 17.2. The number of imidazole rings is 1. The minimum absolute atomic E-state index is 0.0523. The van der Waals surface area contributed by atoms with Crippen LogP contribution in [0.1, 0.15) is 21.6 Å². The summed E-state index contributed by atoms with van der Waals surface area (Å²) in [6.45, 7) is -2.82. The summed E-state index contributed by atoms with van der Waals surface area (Å²) >= 11 is 1.63. The molecule has 1 amide bonds. The molecule has 0 bridgehead atoms. The second kappa shape index (κ2) is 9.61. The molecule has 0 radical (unpaired) electrons. The van der Waals surface area contributed by atoms with Gasteiger partial charge >= 0.3 is 6.61 Å². The minimum atomic E-state index is -2.91. The van der Waals surface area contributed by atoms with E-state index in [1.165, 1.54) is 6.07 Å². The maximum Gasteiger partial charge on any atom is 0.387 e. The molecule has 4 rings (SSSR count). The zero-order chi connectivity index (χ0) is 21.6. The number of carbonyl (C=O) groups excluding carboxylic acids is 1. The summed E-state index contributed by atoms with van der Waals surface area (Å²) < 4.78 is 31.5. The SMILES string of the molecule is O=C(NCc1ccccc1OC(F)F)c1ccc(SCc2cn3ccccc3n2)cc1. The molecule has 0 atom stereocenters. The van der Waals surface area contributed by atoms with E-state index in [1.54, 1.807) is 42.1 Å². The third-order valence-corrected chi connectivity index (χ3v) is 5.59. The number of nitrogens with zero attached hydrogens (tertiary/aromatic N) is 2. The van der Waals surface area contributed by atoms with Crippen LogP contribution in [0, 0.1) is 0 Å². The van der Waals surface area contributed by atoms with Gasteiger partial charge in [-0.25, -0.2) is 4.98 Å². The van der Waals surface area contributed by atoms with Gasteiger partial charge in [0.1, 0.15) is 11.4 Å². The summed E-state index contributed by atoms with van der Waals surface area (Å²) in [5, 5.41) is 2.74. The van der Waals surface area contributed by atoms with Crippen LogP contribution < -0.4 is 10.1 Å². The number of alkyl halides is 2. The lowest BCUT2D eigenvalue weighted by molar-refractivity contribution is -0.0504. The van der Waals surface area contributed by atoms with Crippen molar-refractivity contribution in [2.75, 3.05) is 0 Å². The number of carbonyl (C=O) groups is 1. The fourth-order valence-electron chi connectivity index (χ4n) is 3.05. The first kappa shape index (κ1) is 20.9. The van der Waals surface area contributed by atoms with Gasteiger partial charge in [-0.1, -0.05) is 24.3 Å². The van der Waals surface area contributed by atoms with Crippen LogP contribution in [0.2, 0.25) is 0 Å². The number of hydrogen-bond acceptors (Lipinski definition) is 4. The highest BCUT2D eigenvalue weighted by Crippen LogP contribution is 2.23. The molecule has 2 heterocycles. The summed E-state index contributed by atoms with van der Waals surface area (Å²) in [5.41, 5.74) is 2.86. The van der Waals surface area contributed by atoms with E-state index < -0.39 is 6.61 Å². The third-order valence-electron chi connectivity index (χ3n) is 4.55. The number of nitrogens with one attached hydrogen (secondary N) is 1. The summed E-state index contributed by atoms with van der Waals surface area (Å²) in [4.78, 5) is 18.0. The van der Waals surface area contributed by atoms with Gasteiger partial charge < -0.3 is 14.5 Å². The van der Waals surface area contributed by atoms with Gasteiger partial charge in [0, 0.05) is 40.7 Å². The van der Waals surface area contributed by atoms with E-state index in [2.05, 4.69) is 15.0 Å². The van der Waals surface area contributed by atoms with Crippen LogP contribution in [0.5, 0.6) is 5.75 Å². The van der Waals surface area contributed by atoms with Crippen LogP contribution in [-0.4, -0.2) is 21.9 Å². The molecular weight excluding hydrogens is 420 g/mol. The number of para-hydroxylation sites is 1. The molecule has 158 valence electrons. The molecule has 1 N–H and O–H groups in total. The number of aromatic nitrogens is 2. The Balaban J connectivity index is 1.33. The van der Waals surface area contributed by atoms with Gasteiger partial charge in [-0.05, 0) is 42.5 Å². The van der Waals surface area contributed by atoms with E-state index in [-0.39, 0.29) is 18.2 Å². The van der Waals surface area contributed by atoms with Gasteiger partial charge in [-0.2, -0.15) is 8.78 Å². The highest BCUT2D eigenvalue weighted by Gasteiger charge is 2.11. The maximum atomic E-state index is 12.5. The summed E-state index contributed by atoms with van der Waals surface area (Å²) in [6, 6.07) is 19.5. The van der Waals surface area contributed by atoms with Crippen molar-refractivity contribution < 1.29 is 18.3 Å². The lowest BCUT2D eigenvalue weighted by atomic mass is 10.2. The first-order chi connectivity index (χ1) is 15.1. The van der Waals surface area contributed by atoms with E-state index in [1.807, 2.05) is 47.1 Å².